The van der Waals surface area contributed by atoms with E-state index in [-0.39, 0.29) is 5.41 Å². The molecule has 2 aromatic rings. The van der Waals surface area contributed by atoms with E-state index in [2.05, 4.69) is 35.3 Å². The molecule has 0 fully saturated rings. The van der Waals surface area contributed by atoms with E-state index in [1.54, 1.807) is 13.0 Å². The number of halogens is 1. The number of hydrogen-bond donors (Lipinski definition) is 2. The summed E-state index contributed by atoms with van der Waals surface area (Å²) in [4.78, 5) is 15.8. The highest BCUT2D eigenvalue weighted by atomic mass is 35.5. The molecule has 3 atom stereocenters. The second-order valence-corrected chi connectivity index (χ2v) is 8.73. The van der Waals surface area contributed by atoms with Gasteiger partial charge in [0.25, 0.3) is 0 Å². The van der Waals surface area contributed by atoms with Crippen LogP contribution in [0.4, 0.5) is 0 Å². The molecule has 2 heterocycles. The molecule has 0 saturated carbocycles. The summed E-state index contributed by atoms with van der Waals surface area (Å²) in [6.45, 7) is 5.03. The minimum atomic E-state index is -1.08. The standard InChI is InChI=1S/C24H23ClN2O3/c1-23(15-27-21-14-26-11-9-24(21,2)22(28)29)10-12-30-20-13-16(7-8-18(20)23)17-5-3-4-6-19(17)25/h3-9,11,13,21,27H,10,12,15H2,1-2H3/p+1. The maximum Gasteiger partial charge on any atom is 0.316 e. The fourth-order valence-corrected chi connectivity index (χ4v) is 4.27. The number of carboxylic acid groups (broad SMARTS) is 1. The summed E-state index contributed by atoms with van der Waals surface area (Å²) in [5, 5.41) is 13.8. The molecule has 154 valence electrons. The van der Waals surface area contributed by atoms with Crippen molar-refractivity contribution in [3.8, 4) is 22.9 Å². The van der Waals surface area contributed by atoms with Crippen LogP contribution >= 0.6 is 11.6 Å². The molecule has 0 radical (unpaired) electrons. The zero-order valence-electron chi connectivity index (χ0n) is 17.0. The van der Waals surface area contributed by atoms with Crippen LogP contribution in [0.5, 0.6) is 5.75 Å². The SMILES string of the molecule is CC1(CNC2C#[N+]C=CC2(C)C(=O)O)CCOc2cc(-c3ccccc3Cl)ccc21. The van der Waals surface area contributed by atoms with Gasteiger partial charge in [0.05, 0.1) is 6.61 Å². The van der Waals surface area contributed by atoms with E-state index in [0.717, 1.165) is 28.9 Å². The number of carboxylic acids is 1. The Morgan fingerprint density at radius 1 is 1.33 bits per heavy atom. The molecule has 2 aromatic carbocycles. The zero-order valence-corrected chi connectivity index (χ0v) is 17.7. The Morgan fingerprint density at radius 3 is 2.90 bits per heavy atom. The molecule has 2 N–H and O–H groups in total. The molecule has 30 heavy (non-hydrogen) atoms. The van der Waals surface area contributed by atoms with Crippen LogP contribution in [0, 0.1) is 11.5 Å². The van der Waals surface area contributed by atoms with Crippen LogP contribution in [0.15, 0.2) is 54.7 Å². The van der Waals surface area contributed by atoms with Gasteiger partial charge in [-0.2, -0.15) is 0 Å². The fraction of sp³-hybridized carbons (Fsp3) is 0.333. The lowest BCUT2D eigenvalue weighted by atomic mass is 9.76. The summed E-state index contributed by atoms with van der Waals surface area (Å²) in [6, 6.07) is 16.3. The minimum absolute atomic E-state index is 0.213. The third-order valence-corrected chi connectivity index (χ3v) is 6.51. The Balaban J connectivity index is 1.60. The predicted molar refractivity (Wildman–Crippen MR) is 118 cm³/mol. The highest BCUT2D eigenvalue weighted by molar-refractivity contribution is 6.33. The van der Waals surface area contributed by atoms with Gasteiger partial charge >= 0.3 is 18.2 Å². The quantitative estimate of drug-likeness (QED) is 0.713. The van der Waals surface area contributed by atoms with Crippen LogP contribution in [0.3, 0.4) is 0 Å². The van der Waals surface area contributed by atoms with E-state index >= 15 is 0 Å². The third kappa shape index (κ3) is 3.58. The second kappa shape index (κ2) is 7.79. The smallest absolute Gasteiger partial charge is 0.316 e. The Hall–Kier alpha value is -2.81. The van der Waals surface area contributed by atoms with Gasteiger partial charge in [0, 0.05) is 34.2 Å². The average Bonchev–Trinajstić information content (AvgIpc) is 2.73. The van der Waals surface area contributed by atoms with Gasteiger partial charge in [-0.1, -0.05) is 48.9 Å². The predicted octanol–water partition coefficient (Wildman–Crippen LogP) is 4.96. The van der Waals surface area contributed by atoms with E-state index in [1.807, 2.05) is 30.3 Å². The number of nitrogens with one attached hydrogen (secondary N) is 1. The first kappa shape index (κ1) is 20.5. The number of nitrogens with zero attached hydrogens (tertiary/aromatic N) is 1. The lowest BCUT2D eigenvalue weighted by molar-refractivity contribution is -0.145. The van der Waals surface area contributed by atoms with E-state index in [9.17, 15) is 9.90 Å². The minimum Gasteiger partial charge on any atom is -0.493 e. The summed E-state index contributed by atoms with van der Waals surface area (Å²) >= 11 is 6.37. The number of ether oxygens (including phenoxy) is 1. The molecule has 3 unspecified atom stereocenters. The molecule has 4 rings (SSSR count). The Morgan fingerprint density at radius 2 is 2.13 bits per heavy atom. The first-order chi connectivity index (χ1) is 14.3. The molecule has 0 saturated heterocycles. The van der Waals surface area contributed by atoms with Crippen LogP contribution in [0.1, 0.15) is 25.8 Å². The molecule has 2 aliphatic heterocycles. The van der Waals surface area contributed by atoms with Crippen LogP contribution in [0.2, 0.25) is 5.02 Å². The Labute approximate surface area is 181 Å². The second-order valence-electron chi connectivity index (χ2n) is 8.33. The molecule has 0 spiro atoms. The van der Waals surface area contributed by atoms with Crippen molar-refractivity contribution in [3.05, 3.63) is 70.2 Å². The van der Waals surface area contributed by atoms with Gasteiger partial charge in [0.15, 0.2) is 6.04 Å². The maximum absolute atomic E-state index is 11.8. The van der Waals surface area contributed by atoms with E-state index in [1.165, 1.54) is 6.20 Å². The number of fused-ring (bicyclic) bond motifs is 1. The molecule has 0 bridgehead atoms. The van der Waals surface area contributed by atoms with Crippen molar-refractivity contribution >= 4 is 17.6 Å². The van der Waals surface area contributed by atoms with Gasteiger partial charge in [0.1, 0.15) is 11.2 Å². The Kier molecular flexibility index (Phi) is 5.31. The van der Waals surface area contributed by atoms with Crippen molar-refractivity contribution in [2.45, 2.75) is 31.7 Å². The molecule has 0 aliphatic carbocycles. The first-order valence-corrected chi connectivity index (χ1v) is 10.3. The van der Waals surface area contributed by atoms with Crippen LogP contribution in [-0.4, -0.2) is 30.3 Å². The summed E-state index contributed by atoms with van der Waals surface area (Å²) in [5.41, 5.74) is 1.77. The molecule has 6 heteroatoms. The molecule has 5 nitrogen and oxygen atoms in total. The van der Waals surface area contributed by atoms with E-state index < -0.39 is 17.4 Å². The van der Waals surface area contributed by atoms with Gasteiger partial charge in [-0.25, -0.2) is 0 Å². The van der Waals surface area contributed by atoms with Crippen molar-refractivity contribution in [3.63, 3.8) is 0 Å². The largest absolute Gasteiger partial charge is 0.493 e. The zero-order chi connectivity index (χ0) is 21.4. The van der Waals surface area contributed by atoms with Gasteiger partial charge in [-0.05, 0) is 35.9 Å². The van der Waals surface area contributed by atoms with E-state index in [0.29, 0.717) is 18.2 Å². The summed E-state index contributed by atoms with van der Waals surface area (Å²) in [5.74, 6) is -0.0642. The number of benzene rings is 2. The van der Waals surface area contributed by atoms with Gasteiger partial charge < -0.3 is 9.84 Å². The number of carbonyl (C=O) groups is 1. The summed E-state index contributed by atoms with van der Waals surface area (Å²) in [6.07, 6.45) is 3.93. The van der Waals surface area contributed by atoms with Gasteiger partial charge in [0.2, 0.25) is 0 Å². The van der Waals surface area contributed by atoms with Crippen LogP contribution in [-0.2, 0) is 10.2 Å². The lowest BCUT2D eigenvalue weighted by Gasteiger charge is -2.37. The topological polar surface area (TPSA) is 62.9 Å². The van der Waals surface area contributed by atoms with E-state index in [4.69, 9.17) is 16.3 Å². The van der Waals surface area contributed by atoms with Crippen molar-refractivity contribution in [1.29, 1.82) is 0 Å². The Bertz CT molecular complexity index is 1090. The van der Waals surface area contributed by atoms with Crippen LogP contribution in [0.25, 0.3) is 16.0 Å². The molecule has 0 amide bonds. The summed E-state index contributed by atoms with van der Waals surface area (Å²) in [7, 11) is 0. The molecular formula is C24H24ClN2O3+. The van der Waals surface area contributed by atoms with Gasteiger partial charge in [-0.3, -0.25) is 10.1 Å². The van der Waals surface area contributed by atoms with Crippen molar-refractivity contribution in [2.75, 3.05) is 13.2 Å². The normalized spacial score (nSPS) is 26.8. The van der Waals surface area contributed by atoms with Crippen molar-refractivity contribution in [2.24, 2.45) is 5.41 Å². The fourth-order valence-electron chi connectivity index (χ4n) is 4.03. The average molecular weight is 424 g/mol. The highest BCUT2D eigenvalue weighted by Crippen LogP contribution is 2.41. The monoisotopic (exact) mass is 423 g/mol. The highest BCUT2D eigenvalue weighted by Gasteiger charge is 2.46. The molecule has 2 aliphatic rings. The van der Waals surface area contributed by atoms with Crippen molar-refractivity contribution < 1.29 is 14.6 Å². The molecular weight excluding hydrogens is 400 g/mol. The third-order valence-electron chi connectivity index (χ3n) is 6.18. The van der Waals surface area contributed by atoms with Crippen LogP contribution < -0.4 is 10.1 Å². The lowest BCUT2D eigenvalue weighted by Crippen LogP contribution is -2.51. The first-order valence-electron chi connectivity index (χ1n) is 9.96. The number of rotatable bonds is 5. The summed E-state index contributed by atoms with van der Waals surface area (Å²) < 4.78 is 5.98. The maximum atomic E-state index is 11.8. The van der Waals surface area contributed by atoms with Crippen molar-refractivity contribution in [1.82, 2.24) is 5.32 Å². The number of hydrogen-bond acceptors (Lipinski definition) is 3. The number of aliphatic carboxylic acids is 1. The molecule has 0 aromatic heterocycles. The van der Waals surface area contributed by atoms with Gasteiger partial charge in [-0.15, -0.1) is 0 Å².